The van der Waals surface area contributed by atoms with E-state index in [1.807, 2.05) is 18.2 Å². The van der Waals surface area contributed by atoms with Gasteiger partial charge in [0.1, 0.15) is 12.1 Å². The van der Waals surface area contributed by atoms with Crippen LogP contribution in [-0.4, -0.2) is 24.5 Å². The molecule has 130 valence electrons. The van der Waals surface area contributed by atoms with Crippen molar-refractivity contribution in [3.05, 3.63) is 24.1 Å². The summed E-state index contributed by atoms with van der Waals surface area (Å²) in [5.41, 5.74) is 8.06. The molecule has 6 heteroatoms. The number of benzene rings is 1. The number of oxazole rings is 1. The van der Waals surface area contributed by atoms with Gasteiger partial charge in [0.05, 0.1) is 0 Å². The average Bonchev–Trinajstić information content (AvgIpc) is 2.97. The molecule has 3 rings (SSSR count). The van der Waals surface area contributed by atoms with Gasteiger partial charge in [-0.05, 0) is 43.0 Å². The van der Waals surface area contributed by atoms with E-state index in [4.69, 9.17) is 14.9 Å². The molecule has 0 spiro atoms. The zero-order valence-electron chi connectivity index (χ0n) is 14.1. The number of hydrogen-bond donors (Lipinski definition) is 2. The number of anilines is 1. The Bertz CT molecular complexity index is 705. The van der Waals surface area contributed by atoms with E-state index in [1.165, 1.54) is 6.42 Å². The Kier molecular flexibility index (Phi) is 5.16. The van der Waals surface area contributed by atoms with E-state index in [1.54, 1.807) is 7.11 Å². The summed E-state index contributed by atoms with van der Waals surface area (Å²) in [5.74, 6) is 0.544. The van der Waals surface area contributed by atoms with Crippen molar-refractivity contribution in [2.24, 2.45) is 11.1 Å². The van der Waals surface area contributed by atoms with Gasteiger partial charge in [-0.2, -0.15) is 0 Å². The van der Waals surface area contributed by atoms with Crippen molar-refractivity contribution in [1.29, 1.82) is 0 Å². The SMILES string of the molecule is COCc1nc2cc(NC(=O)CC3(CN)CCCCC3)ccc2o1. The molecule has 1 aliphatic carbocycles. The van der Waals surface area contributed by atoms with Crippen molar-refractivity contribution >= 4 is 22.7 Å². The van der Waals surface area contributed by atoms with Gasteiger partial charge < -0.3 is 20.2 Å². The molecule has 1 aromatic heterocycles. The molecular formula is C18H25N3O3. The van der Waals surface area contributed by atoms with Crippen LogP contribution in [0.3, 0.4) is 0 Å². The molecule has 0 unspecified atom stereocenters. The summed E-state index contributed by atoms with van der Waals surface area (Å²) >= 11 is 0. The van der Waals surface area contributed by atoms with Crippen molar-refractivity contribution in [2.75, 3.05) is 19.0 Å². The lowest BCUT2D eigenvalue weighted by Crippen LogP contribution is -2.36. The molecular weight excluding hydrogens is 306 g/mol. The van der Waals surface area contributed by atoms with Crippen LogP contribution >= 0.6 is 0 Å². The van der Waals surface area contributed by atoms with Crippen LogP contribution in [0, 0.1) is 5.41 Å². The molecule has 0 radical (unpaired) electrons. The topological polar surface area (TPSA) is 90.4 Å². The second-order valence-electron chi connectivity index (χ2n) is 6.71. The predicted molar refractivity (Wildman–Crippen MR) is 92.5 cm³/mol. The fourth-order valence-corrected chi connectivity index (χ4v) is 3.54. The maximum Gasteiger partial charge on any atom is 0.224 e. The molecule has 1 fully saturated rings. The number of aromatic nitrogens is 1. The monoisotopic (exact) mass is 331 g/mol. The van der Waals surface area contributed by atoms with Crippen molar-refractivity contribution < 1.29 is 13.9 Å². The Labute approximate surface area is 141 Å². The zero-order valence-corrected chi connectivity index (χ0v) is 14.1. The maximum atomic E-state index is 12.5. The Morgan fingerprint density at radius 1 is 1.38 bits per heavy atom. The minimum atomic E-state index is -0.0358. The molecule has 0 saturated heterocycles. The van der Waals surface area contributed by atoms with E-state index >= 15 is 0 Å². The van der Waals surface area contributed by atoms with Crippen molar-refractivity contribution in [3.63, 3.8) is 0 Å². The van der Waals surface area contributed by atoms with Gasteiger partial charge in [-0.15, -0.1) is 0 Å². The number of methoxy groups -OCH3 is 1. The molecule has 1 saturated carbocycles. The first kappa shape index (κ1) is 16.9. The number of carbonyl (C=O) groups excluding carboxylic acids is 1. The van der Waals surface area contributed by atoms with E-state index in [9.17, 15) is 4.79 Å². The van der Waals surface area contributed by atoms with E-state index in [0.717, 1.165) is 31.4 Å². The molecule has 24 heavy (non-hydrogen) atoms. The highest BCUT2D eigenvalue weighted by atomic mass is 16.5. The van der Waals surface area contributed by atoms with Gasteiger partial charge in [0.25, 0.3) is 0 Å². The minimum Gasteiger partial charge on any atom is -0.438 e. The van der Waals surface area contributed by atoms with Gasteiger partial charge in [-0.1, -0.05) is 19.3 Å². The lowest BCUT2D eigenvalue weighted by atomic mass is 9.71. The van der Waals surface area contributed by atoms with Crippen LogP contribution in [0.15, 0.2) is 22.6 Å². The largest absolute Gasteiger partial charge is 0.438 e. The summed E-state index contributed by atoms with van der Waals surface area (Å²) < 4.78 is 10.6. The molecule has 1 amide bonds. The number of amides is 1. The number of nitrogens with one attached hydrogen (secondary N) is 1. The highest BCUT2D eigenvalue weighted by Crippen LogP contribution is 2.38. The van der Waals surface area contributed by atoms with Gasteiger partial charge in [-0.3, -0.25) is 4.79 Å². The summed E-state index contributed by atoms with van der Waals surface area (Å²) in [6.45, 7) is 0.901. The third kappa shape index (κ3) is 3.76. The van der Waals surface area contributed by atoms with E-state index < -0.39 is 0 Å². The summed E-state index contributed by atoms with van der Waals surface area (Å²) in [6.07, 6.45) is 6.14. The first-order valence-corrected chi connectivity index (χ1v) is 8.52. The molecule has 0 atom stereocenters. The number of hydrogen-bond acceptors (Lipinski definition) is 5. The predicted octanol–water partition coefficient (Wildman–Crippen LogP) is 3.21. The van der Waals surface area contributed by atoms with E-state index in [2.05, 4.69) is 10.3 Å². The highest BCUT2D eigenvalue weighted by Gasteiger charge is 2.32. The molecule has 2 aromatic rings. The second kappa shape index (κ2) is 7.32. The van der Waals surface area contributed by atoms with Crippen LogP contribution in [-0.2, 0) is 16.1 Å². The number of carbonyl (C=O) groups is 1. The van der Waals surface area contributed by atoms with E-state index in [-0.39, 0.29) is 11.3 Å². The Hall–Kier alpha value is -1.92. The molecule has 0 bridgehead atoms. The fraction of sp³-hybridized carbons (Fsp3) is 0.556. The molecule has 6 nitrogen and oxygen atoms in total. The lowest BCUT2D eigenvalue weighted by Gasteiger charge is -2.35. The van der Waals surface area contributed by atoms with Crippen molar-refractivity contribution in [2.45, 2.75) is 45.1 Å². The van der Waals surface area contributed by atoms with Gasteiger partial charge in [0.15, 0.2) is 5.58 Å². The Balaban J connectivity index is 1.68. The Morgan fingerprint density at radius 2 is 2.17 bits per heavy atom. The third-order valence-electron chi connectivity index (χ3n) is 4.87. The maximum absolute atomic E-state index is 12.5. The van der Waals surface area contributed by atoms with Gasteiger partial charge in [0.2, 0.25) is 11.8 Å². The zero-order chi connectivity index (χ0) is 17.0. The van der Waals surface area contributed by atoms with Crippen molar-refractivity contribution in [3.8, 4) is 0 Å². The number of ether oxygens (including phenoxy) is 1. The van der Waals surface area contributed by atoms with E-state index in [0.29, 0.717) is 36.6 Å². The summed E-state index contributed by atoms with van der Waals surface area (Å²) in [6, 6.07) is 5.47. The third-order valence-corrected chi connectivity index (χ3v) is 4.87. The van der Waals surface area contributed by atoms with Crippen LogP contribution < -0.4 is 11.1 Å². The first-order valence-electron chi connectivity index (χ1n) is 8.52. The summed E-state index contributed by atoms with van der Waals surface area (Å²) in [5, 5.41) is 2.97. The number of nitrogens with zero attached hydrogens (tertiary/aromatic N) is 1. The number of rotatable bonds is 6. The molecule has 1 heterocycles. The summed E-state index contributed by atoms with van der Waals surface area (Å²) in [4.78, 5) is 16.8. The highest BCUT2D eigenvalue weighted by molar-refractivity contribution is 5.93. The normalized spacial score (nSPS) is 17.1. The molecule has 1 aromatic carbocycles. The van der Waals surface area contributed by atoms with Crippen LogP contribution in [0.25, 0.3) is 11.1 Å². The van der Waals surface area contributed by atoms with Gasteiger partial charge >= 0.3 is 0 Å². The van der Waals surface area contributed by atoms with Crippen LogP contribution in [0.2, 0.25) is 0 Å². The molecule has 1 aliphatic rings. The van der Waals surface area contributed by atoms with Crippen LogP contribution in [0.4, 0.5) is 5.69 Å². The van der Waals surface area contributed by atoms with Gasteiger partial charge in [0, 0.05) is 19.2 Å². The second-order valence-corrected chi connectivity index (χ2v) is 6.71. The smallest absolute Gasteiger partial charge is 0.224 e. The first-order chi connectivity index (χ1) is 11.6. The quantitative estimate of drug-likeness (QED) is 0.848. The molecule has 0 aliphatic heterocycles. The van der Waals surface area contributed by atoms with Gasteiger partial charge in [-0.25, -0.2) is 4.98 Å². The van der Waals surface area contributed by atoms with Crippen LogP contribution in [0.5, 0.6) is 0 Å². The minimum absolute atomic E-state index is 0.0160. The van der Waals surface area contributed by atoms with Crippen LogP contribution in [0.1, 0.15) is 44.4 Å². The number of nitrogens with two attached hydrogens (primary N) is 1. The fourth-order valence-electron chi connectivity index (χ4n) is 3.54. The average molecular weight is 331 g/mol. The standard InChI is InChI=1S/C18H25N3O3/c1-23-11-17-21-14-9-13(5-6-15(14)24-17)20-16(22)10-18(12-19)7-3-2-4-8-18/h5-6,9H,2-4,7-8,10-12,19H2,1H3,(H,20,22). The molecule has 3 N–H and O–H groups in total. The number of fused-ring (bicyclic) bond motifs is 1. The lowest BCUT2D eigenvalue weighted by molar-refractivity contribution is -0.118. The summed E-state index contributed by atoms with van der Waals surface area (Å²) in [7, 11) is 1.60. The van der Waals surface area contributed by atoms with Crippen molar-refractivity contribution in [1.82, 2.24) is 4.98 Å². The Morgan fingerprint density at radius 3 is 2.88 bits per heavy atom.